The Bertz CT molecular complexity index is 326. The fraction of sp³-hybridized carbons (Fsp3) is 1.00. The Morgan fingerprint density at radius 2 is 1.29 bits per heavy atom. The lowest BCUT2D eigenvalue weighted by molar-refractivity contribution is 0.0443. The average Bonchev–Trinajstić information content (AvgIpc) is 2.46. The van der Waals surface area contributed by atoms with E-state index < -0.39 is 9.84 Å². The van der Waals surface area contributed by atoms with Gasteiger partial charge in [0.15, 0.2) is 9.84 Å². The van der Waals surface area contributed by atoms with Crippen molar-refractivity contribution in [3.05, 3.63) is 0 Å². The molecule has 0 radical (unpaired) electrons. The van der Waals surface area contributed by atoms with E-state index in [4.69, 9.17) is 9.47 Å². The Morgan fingerprint density at radius 1 is 0.810 bits per heavy atom. The molecule has 21 heavy (non-hydrogen) atoms. The van der Waals surface area contributed by atoms with E-state index in [1.54, 1.807) is 7.11 Å². The summed E-state index contributed by atoms with van der Waals surface area (Å²) >= 11 is 0. The van der Waals surface area contributed by atoms with Crippen molar-refractivity contribution < 1.29 is 17.9 Å². The molecule has 0 bridgehead atoms. The van der Waals surface area contributed by atoms with Crippen molar-refractivity contribution in [1.29, 1.82) is 0 Å². The normalized spacial score (nSPS) is 18.9. The third-order valence-electron chi connectivity index (χ3n) is 4.10. The van der Waals surface area contributed by atoms with E-state index in [2.05, 4.69) is 0 Å². The molecule has 1 fully saturated rings. The highest BCUT2D eigenvalue weighted by atomic mass is 32.2. The van der Waals surface area contributed by atoms with Crippen LogP contribution in [-0.2, 0) is 19.3 Å². The first-order valence-electron chi connectivity index (χ1n) is 8.45. The zero-order valence-corrected chi connectivity index (χ0v) is 14.3. The van der Waals surface area contributed by atoms with E-state index in [-0.39, 0.29) is 6.10 Å². The molecular weight excluding hydrogens is 288 g/mol. The standard InChI is InChI=1S/C16H32O4S/c1-19-12-8-6-4-2-3-5-7-9-13-20-16-10-14-21(17,18)15-11-16/h16H,2-15H2,1H3. The second-order valence-electron chi connectivity index (χ2n) is 6.04. The second-order valence-corrected chi connectivity index (χ2v) is 8.35. The highest BCUT2D eigenvalue weighted by Crippen LogP contribution is 2.16. The fourth-order valence-electron chi connectivity index (χ4n) is 2.69. The van der Waals surface area contributed by atoms with Crippen LogP contribution in [0.2, 0.25) is 0 Å². The van der Waals surface area contributed by atoms with Crippen LogP contribution < -0.4 is 0 Å². The van der Waals surface area contributed by atoms with Crippen LogP contribution in [0.15, 0.2) is 0 Å². The molecule has 1 heterocycles. The summed E-state index contributed by atoms with van der Waals surface area (Å²) in [4.78, 5) is 0. The molecule has 0 aromatic rings. The lowest BCUT2D eigenvalue weighted by atomic mass is 10.1. The van der Waals surface area contributed by atoms with Crippen LogP contribution in [-0.4, -0.2) is 46.4 Å². The molecule has 0 saturated carbocycles. The van der Waals surface area contributed by atoms with Gasteiger partial charge >= 0.3 is 0 Å². The summed E-state index contributed by atoms with van der Waals surface area (Å²) in [5.41, 5.74) is 0. The van der Waals surface area contributed by atoms with E-state index in [9.17, 15) is 8.42 Å². The largest absolute Gasteiger partial charge is 0.385 e. The van der Waals surface area contributed by atoms with Gasteiger partial charge in [-0.1, -0.05) is 38.5 Å². The molecule has 0 aromatic carbocycles. The number of hydrogen-bond acceptors (Lipinski definition) is 4. The van der Waals surface area contributed by atoms with E-state index in [0.29, 0.717) is 24.3 Å². The summed E-state index contributed by atoms with van der Waals surface area (Å²) in [6, 6.07) is 0. The average molecular weight is 320 g/mol. The molecule has 0 aromatic heterocycles. The Hall–Kier alpha value is -0.130. The Kier molecular flexibility index (Phi) is 10.3. The Balaban J connectivity index is 1.81. The zero-order valence-electron chi connectivity index (χ0n) is 13.5. The topological polar surface area (TPSA) is 52.6 Å². The summed E-state index contributed by atoms with van der Waals surface area (Å²) < 4.78 is 33.4. The summed E-state index contributed by atoms with van der Waals surface area (Å²) in [5.74, 6) is 0.613. The first-order chi connectivity index (χ1) is 10.1. The minimum absolute atomic E-state index is 0.175. The molecule has 0 unspecified atom stereocenters. The van der Waals surface area contributed by atoms with Gasteiger partial charge in [0, 0.05) is 20.3 Å². The molecule has 0 spiro atoms. The smallest absolute Gasteiger partial charge is 0.150 e. The van der Waals surface area contributed by atoms with Gasteiger partial charge in [0.25, 0.3) is 0 Å². The lowest BCUT2D eigenvalue weighted by Crippen LogP contribution is -2.29. The molecular formula is C16H32O4S. The second kappa shape index (κ2) is 11.4. The third kappa shape index (κ3) is 10.3. The first kappa shape index (κ1) is 18.9. The highest BCUT2D eigenvalue weighted by molar-refractivity contribution is 7.91. The van der Waals surface area contributed by atoms with Gasteiger partial charge in [-0.05, 0) is 25.7 Å². The van der Waals surface area contributed by atoms with Crippen molar-refractivity contribution in [3.8, 4) is 0 Å². The summed E-state index contributed by atoms with van der Waals surface area (Å²) in [6.45, 7) is 1.68. The number of rotatable bonds is 12. The van der Waals surface area contributed by atoms with Gasteiger partial charge in [-0.25, -0.2) is 8.42 Å². The van der Waals surface area contributed by atoms with Crippen molar-refractivity contribution in [2.45, 2.75) is 70.3 Å². The van der Waals surface area contributed by atoms with Crippen LogP contribution in [0.1, 0.15) is 64.2 Å². The Labute approximate surface area is 130 Å². The molecule has 5 heteroatoms. The van der Waals surface area contributed by atoms with Crippen LogP contribution >= 0.6 is 0 Å². The van der Waals surface area contributed by atoms with Crippen molar-refractivity contribution >= 4 is 9.84 Å². The molecule has 126 valence electrons. The van der Waals surface area contributed by atoms with Crippen LogP contribution in [0, 0.1) is 0 Å². The predicted molar refractivity (Wildman–Crippen MR) is 86.4 cm³/mol. The van der Waals surface area contributed by atoms with Gasteiger partial charge in [-0.15, -0.1) is 0 Å². The van der Waals surface area contributed by atoms with Crippen LogP contribution in [0.4, 0.5) is 0 Å². The third-order valence-corrected chi connectivity index (χ3v) is 5.81. The van der Waals surface area contributed by atoms with E-state index in [1.165, 1.54) is 44.9 Å². The molecule has 1 rings (SSSR count). The van der Waals surface area contributed by atoms with Gasteiger partial charge in [-0.2, -0.15) is 0 Å². The fourth-order valence-corrected chi connectivity index (χ4v) is 4.14. The number of ether oxygens (including phenoxy) is 2. The summed E-state index contributed by atoms with van der Waals surface area (Å²) in [5, 5.41) is 0. The maximum Gasteiger partial charge on any atom is 0.150 e. The van der Waals surface area contributed by atoms with E-state index in [1.807, 2.05) is 0 Å². The van der Waals surface area contributed by atoms with Crippen molar-refractivity contribution in [3.63, 3.8) is 0 Å². The maximum absolute atomic E-state index is 11.3. The van der Waals surface area contributed by atoms with Crippen LogP contribution in [0.5, 0.6) is 0 Å². The Morgan fingerprint density at radius 3 is 1.81 bits per heavy atom. The molecule has 1 saturated heterocycles. The van der Waals surface area contributed by atoms with Gasteiger partial charge in [-0.3, -0.25) is 0 Å². The van der Waals surface area contributed by atoms with Gasteiger partial charge in [0.05, 0.1) is 17.6 Å². The van der Waals surface area contributed by atoms with Gasteiger partial charge in [0.1, 0.15) is 0 Å². The minimum atomic E-state index is -2.76. The van der Waals surface area contributed by atoms with Gasteiger partial charge < -0.3 is 9.47 Å². The van der Waals surface area contributed by atoms with Crippen molar-refractivity contribution in [1.82, 2.24) is 0 Å². The molecule has 0 aliphatic carbocycles. The van der Waals surface area contributed by atoms with Crippen LogP contribution in [0.3, 0.4) is 0 Å². The first-order valence-corrected chi connectivity index (χ1v) is 10.3. The summed E-state index contributed by atoms with van der Waals surface area (Å²) in [7, 11) is -0.999. The number of unbranched alkanes of at least 4 members (excludes halogenated alkanes) is 7. The number of methoxy groups -OCH3 is 1. The van der Waals surface area contributed by atoms with E-state index in [0.717, 1.165) is 19.6 Å². The quantitative estimate of drug-likeness (QED) is 0.517. The SMILES string of the molecule is COCCCCCCCCCCOC1CCS(=O)(=O)CC1. The molecule has 0 amide bonds. The lowest BCUT2D eigenvalue weighted by Gasteiger charge is -2.22. The molecule has 0 N–H and O–H groups in total. The molecule has 1 aliphatic heterocycles. The molecule has 4 nitrogen and oxygen atoms in total. The monoisotopic (exact) mass is 320 g/mol. The van der Waals surface area contributed by atoms with Crippen molar-refractivity contribution in [2.24, 2.45) is 0 Å². The number of hydrogen-bond donors (Lipinski definition) is 0. The molecule has 0 atom stereocenters. The summed E-state index contributed by atoms with van der Waals surface area (Å²) in [6.07, 6.45) is 11.6. The van der Waals surface area contributed by atoms with Crippen molar-refractivity contribution in [2.75, 3.05) is 31.8 Å². The zero-order chi connectivity index (χ0) is 15.4. The molecule has 1 aliphatic rings. The number of sulfone groups is 1. The minimum Gasteiger partial charge on any atom is -0.385 e. The maximum atomic E-state index is 11.3. The predicted octanol–water partition coefficient (Wildman–Crippen LogP) is 3.35. The van der Waals surface area contributed by atoms with Gasteiger partial charge in [0.2, 0.25) is 0 Å². The highest BCUT2D eigenvalue weighted by Gasteiger charge is 2.23. The van der Waals surface area contributed by atoms with Crippen LogP contribution in [0.25, 0.3) is 0 Å². The van der Waals surface area contributed by atoms with E-state index >= 15 is 0 Å².